The molecule has 0 bridgehead atoms. The Hall–Kier alpha value is -1.47. The Morgan fingerprint density at radius 2 is 1.90 bits per heavy atom. The SMILES string of the molecule is Cc1ccc(F)c(S(=O)(=O)N[C@H](C(=O)O)C(C)(C)C)c1. The predicted molar refractivity (Wildman–Crippen MR) is 72.3 cm³/mol. The minimum atomic E-state index is -4.25. The fraction of sp³-hybridized carbons (Fsp3) is 0.462. The van der Waals surface area contributed by atoms with E-state index in [1.165, 1.54) is 12.1 Å². The summed E-state index contributed by atoms with van der Waals surface area (Å²) in [6, 6.07) is 2.29. The molecule has 0 radical (unpaired) electrons. The van der Waals surface area contributed by atoms with Crippen LogP contribution in [0, 0.1) is 18.2 Å². The van der Waals surface area contributed by atoms with Crippen molar-refractivity contribution in [1.82, 2.24) is 4.72 Å². The Morgan fingerprint density at radius 3 is 2.35 bits per heavy atom. The molecule has 0 saturated heterocycles. The molecule has 2 N–H and O–H groups in total. The Kier molecular flexibility index (Phi) is 4.55. The van der Waals surface area contributed by atoms with Crippen molar-refractivity contribution < 1.29 is 22.7 Å². The summed E-state index contributed by atoms with van der Waals surface area (Å²) in [6.07, 6.45) is 0. The maximum Gasteiger partial charge on any atom is 0.322 e. The average molecular weight is 303 g/mol. The van der Waals surface area contributed by atoms with Crippen LogP contribution in [-0.4, -0.2) is 25.5 Å². The summed E-state index contributed by atoms with van der Waals surface area (Å²) in [6.45, 7) is 6.37. The molecule has 0 spiro atoms. The van der Waals surface area contributed by atoms with Crippen molar-refractivity contribution in [3.8, 4) is 0 Å². The second-order valence-electron chi connectivity index (χ2n) is 5.69. The lowest BCUT2D eigenvalue weighted by molar-refractivity contribution is -0.141. The van der Waals surface area contributed by atoms with Crippen molar-refractivity contribution in [2.75, 3.05) is 0 Å². The third-order valence-corrected chi connectivity index (χ3v) is 4.20. The van der Waals surface area contributed by atoms with Gasteiger partial charge < -0.3 is 5.11 Å². The summed E-state index contributed by atoms with van der Waals surface area (Å²) >= 11 is 0. The largest absolute Gasteiger partial charge is 0.480 e. The van der Waals surface area contributed by atoms with Crippen LogP contribution in [0.25, 0.3) is 0 Å². The molecule has 112 valence electrons. The van der Waals surface area contributed by atoms with E-state index in [9.17, 15) is 17.6 Å². The van der Waals surface area contributed by atoms with E-state index < -0.39 is 38.2 Å². The number of carboxylic acid groups (broad SMARTS) is 1. The van der Waals surface area contributed by atoms with Gasteiger partial charge in [-0.15, -0.1) is 0 Å². The number of rotatable bonds is 4. The molecule has 0 unspecified atom stereocenters. The smallest absolute Gasteiger partial charge is 0.322 e. The van der Waals surface area contributed by atoms with Crippen LogP contribution in [-0.2, 0) is 14.8 Å². The summed E-state index contributed by atoms with van der Waals surface area (Å²) in [4.78, 5) is 10.6. The van der Waals surface area contributed by atoms with Gasteiger partial charge in [0.05, 0.1) is 0 Å². The highest BCUT2D eigenvalue weighted by molar-refractivity contribution is 7.89. The van der Waals surface area contributed by atoms with Gasteiger partial charge in [-0.2, -0.15) is 4.72 Å². The Balaban J connectivity index is 3.24. The van der Waals surface area contributed by atoms with E-state index in [1.807, 2.05) is 4.72 Å². The molecule has 7 heteroatoms. The van der Waals surface area contributed by atoms with Crippen LogP contribution >= 0.6 is 0 Å². The van der Waals surface area contributed by atoms with Gasteiger partial charge >= 0.3 is 5.97 Å². The molecule has 5 nitrogen and oxygen atoms in total. The van der Waals surface area contributed by atoms with Gasteiger partial charge in [0.2, 0.25) is 10.0 Å². The minimum Gasteiger partial charge on any atom is -0.480 e. The van der Waals surface area contributed by atoms with Gasteiger partial charge in [-0.3, -0.25) is 4.79 Å². The van der Waals surface area contributed by atoms with Crippen molar-refractivity contribution in [2.24, 2.45) is 5.41 Å². The molecule has 0 heterocycles. The second-order valence-corrected chi connectivity index (χ2v) is 7.37. The highest BCUT2D eigenvalue weighted by atomic mass is 32.2. The summed E-state index contributed by atoms with van der Waals surface area (Å²) < 4.78 is 40.0. The van der Waals surface area contributed by atoms with Gasteiger partial charge in [0.15, 0.2) is 0 Å². The summed E-state index contributed by atoms with van der Waals surface area (Å²) in [5.41, 5.74) is -0.284. The fourth-order valence-electron chi connectivity index (χ4n) is 1.63. The quantitative estimate of drug-likeness (QED) is 0.890. The van der Waals surface area contributed by atoms with Gasteiger partial charge in [-0.1, -0.05) is 26.8 Å². The number of carbonyl (C=O) groups is 1. The van der Waals surface area contributed by atoms with Crippen molar-refractivity contribution in [3.05, 3.63) is 29.6 Å². The van der Waals surface area contributed by atoms with E-state index in [2.05, 4.69) is 0 Å². The van der Waals surface area contributed by atoms with Crippen LogP contribution in [0.5, 0.6) is 0 Å². The van der Waals surface area contributed by atoms with Crippen molar-refractivity contribution >= 4 is 16.0 Å². The molecular weight excluding hydrogens is 285 g/mol. The number of carboxylic acids is 1. The Labute approximate surface area is 117 Å². The highest BCUT2D eigenvalue weighted by Crippen LogP contribution is 2.23. The lowest BCUT2D eigenvalue weighted by atomic mass is 9.88. The van der Waals surface area contributed by atoms with Gasteiger partial charge in [-0.05, 0) is 30.0 Å². The van der Waals surface area contributed by atoms with Gasteiger partial charge in [-0.25, -0.2) is 12.8 Å². The zero-order valence-electron chi connectivity index (χ0n) is 11.8. The standard InChI is InChI=1S/C13H18FNO4S/c1-8-5-6-9(14)10(7-8)20(18,19)15-11(12(16)17)13(2,3)4/h5-7,11,15H,1-4H3,(H,16,17)/t11-/m1/s1. The van der Waals surface area contributed by atoms with E-state index in [0.717, 1.165) is 6.07 Å². The molecule has 20 heavy (non-hydrogen) atoms. The summed E-state index contributed by atoms with van der Waals surface area (Å²) in [5.74, 6) is -2.23. The molecule has 0 saturated carbocycles. The zero-order valence-corrected chi connectivity index (χ0v) is 12.6. The van der Waals surface area contributed by atoms with E-state index in [0.29, 0.717) is 5.56 Å². The molecule has 0 aliphatic rings. The maximum absolute atomic E-state index is 13.6. The van der Waals surface area contributed by atoms with Crippen LogP contribution in [0.3, 0.4) is 0 Å². The molecule has 1 aromatic carbocycles. The van der Waals surface area contributed by atoms with Crippen LogP contribution in [0.4, 0.5) is 4.39 Å². The van der Waals surface area contributed by atoms with Gasteiger partial charge in [0.25, 0.3) is 0 Å². The normalized spacial score (nSPS) is 14.1. The van der Waals surface area contributed by atoms with Crippen LogP contribution in [0.2, 0.25) is 0 Å². The predicted octanol–water partition coefficient (Wildman–Crippen LogP) is 1.91. The number of aliphatic carboxylic acids is 1. The molecule has 0 aliphatic heterocycles. The summed E-state index contributed by atoms with van der Waals surface area (Å²) in [5, 5.41) is 9.12. The minimum absolute atomic E-state index is 0.548. The van der Waals surface area contributed by atoms with Gasteiger partial charge in [0.1, 0.15) is 16.8 Å². The lowest BCUT2D eigenvalue weighted by Gasteiger charge is -2.27. The highest BCUT2D eigenvalue weighted by Gasteiger charge is 2.36. The number of sulfonamides is 1. The number of hydrogen-bond donors (Lipinski definition) is 2. The van der Waals surface area contributed by atoms with Crippen LogP contribution in [0.1, 0.15) is 26.3 Å². The first-order chi connectivity index (χ1) is 8.95. The Bertz CT molecular complexity index is 620. The molecule has 0 fully saturated rings. The topological polar surface area (TPSA) is 83.5 Å². The lowest BCUT2D eigenvalue weighted by Crippen LogP contribution is -2.49. The monoisotopic (exact) mass is 303 g/mol. The van der Waals surface area contributed by atoms with E-state index >= 15 is 0 Å². The molecule has 0 aromatic heterocycles. The number of hydrogen-bond acceptors (Lipinski definition) is 3. The van der Waals surface area contributed by atoms with Crippen LogP contribution < -0.4 is 4.72 Å². The van der Waals surface area contributed by atoms with Crippen molar-refractivity contribution in [2.45, 2.75) is 38.6 Å². The van der Waals surface area contributed by atoms with E-state index in [-0.39, 0.29) is 0 Å². The van der Waals surface area contributed by atoms with E-state index in [1.54, 1.807) is 27.7 Å². The Morgan fingerprint density at radius 1 is 1.35 bits per heavy atom. The van der Waals surface area contributed by atoms with Gasteiger partial charge in [0, 0.05) is 0 Å². The molecule has 1 aromatic rings. The first-order valence-corrected chi connectivity index (χ1v) is 7.45. The number of benzene rings is 1. The molecule has 0 aliphatic carbocycles. The van der Waals surface area contributed by atoms with E-state index in [4.69, 9.17) is 5.11 Å². The third-order valence-electron chi connectivity index (χ3n) is 2.76. The van der Waals surface area contributed by atoms with Crippen molar-refractivity contribution in [1.29, 1.82) is 0 Å². The number of aryl methyl sites for hydroxylation is 1. The maximum atomic E-state index is 13.6. The molecular formula is C13H18FNO4S. The first-order valence-electron chi connectivity index (χ1n) is 5.96. The average Bonchev–Trinajstić information content (AvgIpc) is 2.27. The van der Waals surface area contributed by atoms with Crippen LogP contribution in [0.15, 0.2) is 23.1 Å². The summed E-state index contributed by atoms with van der Waals surface area (Å²) in [7, 11) is -4.25. The first kappa shape index (κ1) is 16.6. The second kappa shape index (κ2) is 5.49. The van der Waals surface area contributed by atoms with Crippen molar-refractivity contribution in [3.63, 3.8) is 0 Å². The molecule has 1 atom stereocenters. The molecule has 0 amide bonds. The fourth-order valence-corrected chi connectivity index (χ4v) is 3.19. The number of nitrogens with one attached hydrogen (secondary N) is 1. The molecule has 1 rings (SSSR count). The third kappa shape index (κ3) is 3.77. The zero-order chi connectivity index (χ0) is 15.7. The number of halogens is 1.